The van der Waals surface area contributed by atoms with E-state index in [0.29, 0.717) is 43.5 Å². The summed E-state index contributed by atoms with van der Waals surface area (Å²) >= 11 is 0. The molecule has 13 N–H and O–H groups in total. The molecule has 26 nitrogen and oxygen atoms in total. The fourth-order valence-electron chi connectivity index (χ4n) is 10.7. The predicted molar refractivity (Wildman–Crippen MR) is 348 cm³/mol. The number of aliphatic carboxylic acids is 1. The molecule has 2 aromatic rings. The highest BCUT2D eigenvalue weighted by Gasteiger charge is 2.37. The number of benzene rings is 1. The molecule has 0 unspecified atom stereocenters. The number of nitrogens with two attached hydrogens (primary N) is 1. The number of aromatic nitrogens is 1. The molecule has 7 amide bonds. The van der Waals surface area contributed by atoms with Crippen molar-refractivity contribution in [3.05, 3.63) is 36.0 Å². The van der Waals surface area contributed by atoms with Gasteiger partial charge >= 0.3 is 5.97 Å². The van der Waals surface area contributed by atoms with E-state index in [1.165, 1.54) is 27.7 Å². The quantitative estimate of drug-likeness (QED) is 0.0342. The molecular formula is C66H102N12O14. The van der Waals surface area contributed by atoms with Crippen LogP contribution in [-0.4, -0.2) is 160 Å². The van der Waals surface area contributed by atoms with Crippen LogP contribution in [0.4, 0.5) is 0 Å². The molecular weight excluding hydrogens is 1180 g/mol. The molecule has 0 saturated carbocycles. The van der Waals surface area contributed by atoms with Gasteiger partial charge in [0.1, 0.15) is 35.7 Å². The number of hydrogen-bond acceptors (Lipinski definition) is 16. The van der Waals surface area contributed by atoms with E-state index in [0.717, 1.165) is 10.9 Å². The summed E-state index contributed by atoms with van der Waals surface area (Å²) in [6.45, 7) is 15.7. The zero-order valence-corrected chi connectivity index (χ0v) is 55.4. The molecule has 1 aliphatic heterocycles. The average Bonchev–Trinajstić information content (AvgIpc) is 1.92. The molecule has 0 bridgehead atoms. The molecule has 2 heterocycles. The van der Waals surface area contributed by atoms with E-state index in [4.69, 9.17) is 11.1 Å². The highest BCUT2D eigenvalue weighted by Crippen LogP contribution is 2.25. The van der Waals surface area contributed by atoms with Gasteiger partial charge < -0.3 is 68.6 Å². The molecule has 0 aliphatic carbocycles. The third-order valence-electron chi connectivity index (χ3n) is 16.5. The summed E-state index contributed by atoms with van der Waals surface area (Å²) in [5.74, 6) is -13.5. The van der Waals surface area contributed by atoms with E-state index in [2.05, 4.69) is 52.5 Å². The zero-order valence-electron chi connectivity index (χ0n) is 55.4. The van der Waals surface area contributed by atoms with E-state index in [1.54, 1.807) is 46.9 Å². The number of fused-ring (bicyclic) bond motifs is 1. The largest absolute Gasteiger partial charge is 0.481 e. The molecule has 1 aliphatic rings. The molecule has 1 aromatic heterocycles. The second-order valence-corrected chi connectivity index (χ2v) is 25.1. The Balaban J connectivity index is 2.24. The standard InChI is InChI=1S/C66H102N12O14/c1-11-28-69-41(7)56(81)32-45-20-13-16-23-53(63(88)72-36-48(80)30-38(4)66(91)92)76-59(84)43(9)74-61(86)46(31-47-35-71-51-22-17-14-21-49(47)51)33-57(82)42(8)73-62(87)50(37(2)3)34-58(83)52(27-26-40(6)79)75-64(89)55(25-18-29-70-44(10)68)78-65(90)54(77-60(45)85)24-15-12-19-39(5)67/h14,17,21-22,35,37-38,41-43,45-46,50,52-55,67,69,71H,11-13,15-16,18-20,23-34,36H2,1-10H3,(H2,68,70)(H,72,88)(H,73,87)(H,74,86)(H,75,89)(H,76,84)(H,77,85)(H,78,90)(H,91,92)/t38-,41+,42+,43+,45-,46-,50+,52+,53+,54+,55+/m1/s1. The second-order valence-electron chi connectivity index (χ2n) is 25.1. The van der Waals surface area contributed by atoms with Crippen LogP contribution < -0.4 is 48.3 Å². The van der Waals surface area contributed by atoms with Crippen LogP contribution in [0.25, 0.3) is 10.9 Å². The topological polar surface area (TPSA) is 416 Å². The van der Waals surface area contributed by atoms with Gasteiger partial charge in [-0.3, -0.25) is 62.5 Å². The van der Waals surface area contributed by atoms with Gasteiger partial charge in [-0.05, 0) is 130 Å². The molecule has 510 valence electrons. The lowest BCUT2D eigenvalue weighted by molar-refractivity contribution is -0.143. The number of nitrogens with one attached hydrogen (secondary N) is 10. The van der Waals surface area contributed by atoms with Crippen molar-refractivity contribution < 1.29 is 67.4 Å². The van der Waals surface area contributed by atoms with Crippen LogP contribution >= 0.6 is 0 Å². The minimum Gasteiger partial charge on any atom is -0.481 e. The number of amides is 7. The fraction of sp³-hybridized carbons (Fsp3) is 0.652. The molecule has 11 atom stereocenters. The van der Waals surface area contributed by atoms with Crippen molar-refractivity contribution in [1.29, 1.82) is 5.41 Å². The summed E-state index contributed by atoms with van der Waals surface area (Å²) in [5, 5.41) is 40.3. The van der Waals surface area contributed by atoms with Gasteiger partial charge in [-0.2, -0.15) is 0 Å². The number of carboxylic acids is 1. The van der Waals surface area contributed by atoms with Crippen molar-refractivity contribution >= 4 is 98.7 Å². The molecule has 0 radical (unpaired) electrons. The van der Waals surface area contributed by atoms with Gasteiger partial charge in [0, 0.05) is 79.2 Å². The maximum Gasteiger partial charge on any atom is 0.306 e. The number of Topliss-reactive ketones (excluding diaryl/α,β-unsaturated/α-hetero) is 5. The van der Waals surface area contributed by atoms with Crippen LogP contribution in [0.2, 0.25) is 0 Å². The van der Waals surface area contributed by atoms with Gasteiger partial charge in [-0.1, -0.05) is 65.2 Å². The Labute approximate surface area is 540 Å². The van der Waals surface area contributed by atoms with Crippen LogP contribution in [0.1, 0.15) is 184 Å². The summed E-state index contributed by atoms with van der Waals surface area (Å²) in [5.41, 5.74) is 7.63. The number of rotatable bonds is 27. The van der Waals surface area contributed by atoms with Crippen molar-refractivity contribution in [1.82, 2.24) is 47.5 Å². The summed E-state index contributed by atoms with van der Waals surface area (Å²) in [6.07, 6.45) is 2.11. The normalized spacial score (nSPS) is 23.5. The lowest BCUT2D eigenvalue weighted by atomic mass is 9.86. The zero-order chi connectivity index (χ0) is 68.8. The monoisotopic (exact) mass is 1290 g/mol. The first-order valence-electron chi connectivity index (χ1n) is 32.4. The van der Waals surface area contributed by atoms with Crippen LogP contribution in [-0.2, 0) is 68.7 Å². The Hall–Kier alpha value is -8.03. The summed E-state index contributed by atoms with van der Waals surface area (Å²) in [6, 6.07) is -1.31. The number of H-pyrrole nitrogens is 1. The van der Waals surface area contributed by atoms with Crippen molar-refractivity contribution in [3.63, 3.8) is 0 Å². The SMILES string of the molecule is CCCN[C@@H](C)C(=O)C[C@H]1CCCC[C@@H](C(=O)NCC(=O)C[C@@H](C)C(=O)O)NC(=O)[C@H](C)NC(=O)[C@H](Cc2c[nH]c3ccccc23)CC(=O)[C@H](C)NC(=O)[C@H](C(C)C)CC(=O)[C@H](CCC(C)=O)NC(=O)[C@H](CCCN=C(C)N)NC(=O)[C@H](CCCCC(C)=N)NC1=O. The van der Waals surface area contributed by atoms with E-state index >= 15 is 0 Å². The Morgan fingerprint density at radius 1 is 0.707 bits per heavy atom. The maximum absolute atomic E-state index is 14.7. The van der Waals surface area contributed by atoms with Gasteiger partial charge in [-0.25, -0.2) is 0 Å². The summed E-state index contributed by atoms with van der Waals surface area (Å²) < 4.78 is 0. The predicted octanol–water partition coefficient (Wildman–Crippen LogP) is 3.93. The van der Waals surface area contributed by atoms with Crippen LogP contribution in [0.15, 0.2) is 35.5 Å². The number of para-hydroxylation sites is 1. The number of carboxylic acid groups (broad SMARTS) is 1. The molecule has 0 spiro atoms. The Kier molecular flexibility index (Phi) is 34.1. The number of carbonyl (C=O) groups excluding carboxylic acids is 12. The lowest BCUT2D eigenvalue weighted by Gasteiger charge is -2.28. The van der Waals surface area contributed by atoms with Crippen LogP contribution in [0.5, 0.6) is 0 Å². The van der Waals surface area contributed by atoms with E-state index in [9.17, 15) is 67.4 Å². The first-order chi connectivity index (χ1) is 43.4. The highest BCUT2D eigenvalue weighted by molar-refractivity contribution is 5.99. The fourth-order valence-corrected chi connectivity index (χ4v) is 10.7. The number of nitrogens with zero attached hydrogens (tertiary/aromatic N) is 1. The van der Waals surface area contributed by atoms with E-state index in [-0.39, 0.29) is 94.6 Å². The van der Waals surface area contributed by atoms with Crippen LogP contribution in [0.3, 0.4) is 0 Å². The number of amidine groups is 1. The van der Waals surface area contributed by atoms with Crippen molar-refractivity contribution in [2.24, 2.45) is 40.3 Å². The highest BCUT2D eigenvalue weighted by atomic mass is 16.4. The van der Waals surface area contributed by atoms with E-state index < -0.39 is 162 Å². The average molecular weight is 1290 g/mol. The smallest absolute Gasteiger partial charge is 0.306 e. The molecule has 26 heteroatoms. The number of ketones is 5. The summed E-state index contributed by atoms with van der Waals surface area (Å²) in [4.78, 5) is 188. The third kappa shape index (κ3) is 27.8. The number of carbonyl (C=O) groups is 13. The maximum atomic E-state index is 14.7. The first kappa shape index (κ1) is 78.2. The lowest BCUT2D eigenvalue weighted by Crippen LogP contribution is -2.56. The number of unbranched alkanes of at least 4 members (excludes halogenated alkanes) is 1. The van der Waals surface area contributed by atoms with Crippen molar-refractivity contribution in [2.75, 3.05) is 19.6 Å². The van der Waals surface area contributed by atoms with E-state index in [1.807, 2.05) is 25.1 Å². The number of hydrogen-bond donors (Lipinski definition) is 12. The molecule has 1 fully saturated rings. The Bertz CT molecular complexity index is 2940. The van der Waals surface area contributed by atoms with Crippen molar-refractivity contribution in [2.45, 2.75) is 227 Å². The van der Waals surface area contributed by atoms with Crippen LogP contribution in [0, 0.1) is 35.0 Å². The van der Waals surface area contributed by atoms with Gasteiger partial charge in [0.2, 0.25) is 41.4 Å². The van der Waals surface area contributed by atoms with Gasteiger partial charge in [0.25, 0.3) is 0 Å². The number of aliphatic imine (C=N–C) groups is 1. The Morgan fingerprint density at radius 2 is 1.33 bits per heavy atom. The second kappa shape index (κ2) is 40.1. The van der Waals surface area contributed by atoms with Gasteiger partial charge in [-0.15, -0.1) is 0 Å². The number of aromatic amines is 1. The third-order valence-corrected chi connectivity index (χ3v) is 16.5. The van der Waals surface area contributed by atoms with Gasteiger partial charge in [0.15, 0.2) is 17.3 Å². The van der Waals surface area contributed by atoms with Crippen molar-refractivity contribution in [3.8, 4) is 0 Å². The summed E-state index contributed by atoms with van der Waals surface area (Å²) in [7, 11) is 0. The Morgan fingerprint density at radius 3 is 1.96 bits per heavy atom. The molecule has 1 aromatic carbocycles. The molecule has 3 rings (SSSR count). The van der Waals surface area contributed by atoms with Gasteiger partial charge in [0.05, 0.1) is 36.4 Å². The first-order valence-corrected chi connectivity index (χ1v) is 32.4. The minimum absolute atomic E-state index is 0.0107. The molecule has 92 heavy (non-hydrogen) atoms. The minimum atomic E-state index is -1.37. The molecule has 1 saturated heterocycles.